The number of benzene rings is 1. The van der Waals surface area contributed by atoms with Crippen LogP contribution in [0.15, 0.2) is 18.2 Å². The summed E-state index contributed by atoms with van der Waals surface area (Å²) < 4.78 is 0. The number of fused-ring (bicyclic) bond motifs is 1. The molecule has 1 saturated heterocycles. The maximum Gasteiger partial charge on any atom is 0.320 e. The molecule has 3 rings (SSSR count). The van der Waals surface area contributed by atoms with Crippen molar-refractivity contribution in [2.24, 2.45) is 0 Å². The van der Waals surface area contributed by atoms with Gasteiger partial charge in [-0.25, -0.2) is 0 Å². The summed E-state index contributed by atoms with van der Waals surface area (Å²) in [7, 11) is 0. The van der Waals surface area contributed by atoms with Crippen LogP contribution in [0.2, 0.25) is 0 Å². The normalized spacial score (nSPS) is 21.4. The van der Waals surface area contributed by atoms with Gasteiger partial charge in [-0.1, -0.05) is 12.5 Å². The van der Waals surface area contributed by atoms with Gasteiger partial charge in [0.15, 0.2) is 0 Å². The van der Waals surface area contributed by atoms with Gasteiger partial charge in [-0.05, 0) is 61.9 Å². The molecule has 2 aliphatic rings. The third kappa shape index (κ3) is 3.30. The van der Waals surface area contributed by atoms with Crippen molar-refractivity contribution in [3.05, 3.63) is 29.3 Å². The zero-order valence-electron chi connectivity index (χ0n) is 12.7. The molecule has 1 aromatic carbocycles. The molecule has 0 saturated carbocycles. The molecule has 5 nitrogen and oxygen atoms in total. The summed E-state index contributed by atoms with van der Waals surface area (Å²) in [4.78, 5) is 25.2. The first-order valence-corrected chi connectivity index (χ1v) is 8.02. The predicted octanol–water partition coefficient (Wildman–Crippen LogP) is 2.05. The summed E-state index contributed by atoms with van der Waals surface area (Å²) in [5.41, 5.74) is 3.51. The van der Waals surface area contributed by atoms with Crippen molar-refractivity contribution in [1.29, 1.82) is 0 Å². The van der Waals surface area contributed by atoms with Gasteiger partial charge in [0, 0.05) is 5.69 Å². The average molecular weight is 302 g/mol. The minimum atomic E-state index is -0.829. The Morgan fingerprint density at radius 3 is 2.82 bits per heavy atom. The SMILES string of the molecule is O=C(CN1CCCCC1C(=O)O)Nc1ccc2c(c1)CCC2. The van der Waals surface area contributed by atoms with Crippen molar-refractivity contribution in [3.8, 4) is 0 Å². The van der Waals surface area contributed by atoms with Crippen LogP contribution in [0.5, 0.6) is 0 Å². The average Bonchev–Trinajstić information content (AvgIpc) is 2.95. The fraction of sp³-hybridized carbons (Fsp3) is 0.529. The smallest absolute Gasteiger partial charge is 0.320 e. The third-order valence-corrected chi connectivity index (χ3v) is 4.63. The molecule has 0 bridgehead atoms. The molecule has 1 amide bonds. The van der Waals surface area contributed by atoms with Crippen LogP contribution in [0.25, 0.3) is 0 Å². The molecule has 1 unspecified atom stereocenters. The third-order valence-electron chi connectivity index (χ3n) is 4.63. The molecule has 118 valence electrons. The molecule has 1 aliphatic heterocycles. The number of anilines is 1. The number of aliphatic carboxylic acids is 1. The number of likely N-dealkylation sites (tertiary alicyclic amines) is 1. The Hall–Kier alpha value is -1.88. The first-order valence-electron chi connectivity index (χ1n) is 8.02. The second kappa shape index (κ2) is 6.48. The minimum absolute atomic E-state index is 0.133. The second-order valence-electron chi connectivity index (χ2n) is 6.21. The molecule has 5 heteroatoms. The first-order chi connectivity index (χ1) is 10.6. The van der Waals surface area contributed by atoms with Crippen LogP contribution in [0.4, 0.5) is 5.69 Å². The Kier molecular flexibility index (Phi) is 4.43. The van der Waals surface area contributed by atoms with Gasteiger partial charge < -0.3 is 10.4 Å². The number of carboxylic acids is 1. The van der Waals surface area contributed by atoms with Crippen molar-refractivity contribution in [2.45, 2.75) is 44.6 Å². The van der Waals surface area contributed by atoms with Gasteiger partial charge >= 0.3 is 5.97 Å². The standard InChI is InChI=1S/C17H22N2O3/c20-16(11-19-9-2-1-6-15(19)17(21)22)18-14-8-7-12-4-3-5-13(12)10-14/h7-8,10,15H,1-6,9,11H2,(H,18,20)(H,21,22). The second-order valence-corrected chi connectivity index (χ2v) is 6.21. The van der Waals surface area contributed by atoms with E-state index >= 15 is 0 Å². The number of hydrogen-bond donors (Lipinski definition) is 2. The molecule has 22 heavy (non-hydrogen) atoms. The molecule has 1 heterocycles. The zero-order valence-corrected chi connectivity index (χ0v) is 12.7. The van der Waals surface area contributed by atoms with Crippen LogP contribution in [0, 0.1) is 0 Å². The lowest BCUT2D eigenvalue weighted by molar-refractivity contribution is -0.145. The minimum Gasteiger partial charge on any atom is -0.480 e. The highest BCUT2D eigenvalue weighted by atomic mass is 16.4. The largest absolute Gasteiger partial charge is 0.480 e. The van der Waals surface area contributed by atoms with Crippen LogP contribution in [-0.2, 0) is 22.4 Å². The van der Waals surface area contributed by atoms with Gasteiger partial charge in [-0.2, -0.15) is 0 Å². The van der Waals surface area contributed by atoms with Crippen LogP contribution in [0.3, 0.4) is 0 Å². The van der Waals surface area contributed by atoms with Gasteiger partial charge in [0.05, 0.1) is 6.54 Å². The lowest BCUT2D eigenvalue weighted by Crippen LogP contribution is -2.47. The number of aryl methyl sites for hydroxylation is 2. The molecule has 1 aliphatic carbocycles. The van der Waals surface area contributed by atoms with Gasteiger partial charge in [0.1, 0.15) is 6.04 Å². The maximum atomic E-state index is 12.2. The van der Waals surface area contributed by atoms with E-state index in [-0.39, 0.29) is 12.5 Å². The summed E-state index contributed by atoms with van der Waals surface area (Å²) in [6.45, 7) is 0.822. The van der Waals surface area contributed by atoms with Gasteiger partial charge in [-0.15, -0.1) is 0 Å². The van der Waals surface area contributed by atoms with E-state index < -0.39 is 12.0 Å². The van der Waals surface area contributed by atoms with E-state index in [1.165, 1.54) is 17.5 Å². The molecule has 1 atom stereocenters. The topological polar surface area (TPSA) is 69.6 Å². The van der Waals surface area contributed by atoms with E-state index in [0.29, 0.717) is 13.0 Å². The fourth-order valence-electron chi connectivity index (χ4n) is 3.49. The number of piperidine rings is 1. The van der Waals surface area contributed by atoms with E-state index in [0.717, 1.165) is 31.4 Å². The van der Waals surface area contributed by atoms with Gasteiger partial charge in [0.25, 0.3) is 0 Å². The van der Waals surface area contributed by atoms with Crippen molar-refractivity contribution in [3.63, 3.8) is 0 Å². The Morgan fingerprint density at radius 2 is 2.00 bits per heavy atom. The first kappa shape index (κ1) is 15.0. The summed E-state index contributed by atoms with van der Waals surface area (Å²) in [5.74, 6) is -0.962. The van der Waals surface area contributed by atoms with Crippen LogP contribution >= 0.6 is 0 Å². The van der Waals surface area contributed by atoms with Crippen molar-refractivity contribution in [2.75, 3.05) is 18.4 Å². The van der Waals surface area contributed by atoms with Crippen LogP contribution < -0.4 is 5.32 Å². The predicted molar refractivity (Wildman–Crippen MR) is 83.9 cm³/mol. The lowest BCUT2D eigenvalue weighted by atomic mass is 10.0. The maximum absolute atomic E-state index is 12.2. The number of nitrogens with zero attached hydrogens (tertiary/aromatic N) is 1. The Morgan fingerprint density at radius 1 is 1.18 bits per heavy atom. The van der Waals surface area contributed by atoms with E-state index in [2.05, 4.69) is 11.4 Å². The van der Waals surface area contributed by atoms with Crippen LogP contribution in [0.1, 0.15) is 36.8 Å². The van der Waals surface area contributed by atoms with Crippen LogP contribution in [-0.4, -0.2) is 41.0 Å². The Labute approximate surface area is 130 Å². The Bertz CT molecular complexity index is 585. The van der Waals surface area contributed by atoms with Crippen molar-refractivity contribution >= 4 is 17.6 Å². The van der Waals surface area contributed by atoms with Crippen molar-refractivity contribution < 1.29 is 14.7 Å². The number of carboxylic acid groups (broad SMARTS) is 1. The number of carbonyl (C=O) groups excluding carboxylic acids is 1. The molecular weight excluding hydrogens is 280 g/mol. The summed E-state index contributed by atoms with van der Waals surface area (Å²) >= 11 is 0. The van der Waals surface area contributed by atoms with Crippen molar-refractivity contribution in [1.82, 2.24) is 4.90 Å². The molecular formula is C17H22N2O3. The highest BCUT2D eigenvalue weighted by Gasteiger charge is 2.29. The van der Waals surface area contributed by atoms with E-state index in [9.17, 15) is 14.7 Å². The highest BCUT2D eigenvalue weighted by Crippen LogP contribution is 2.25. The molecule has 0 aromatic heterocycles. The summed E-state index contributed by atoms with van der Waals surface area (Å²) in [5, 5.41) is 12.1. The molecule has 0 radical (unpaired) electrons. The number of nitrogens with one attached hydrogen (secondary N) is 1. The van der Waals surface area contributed by atoms with E-state index in [1.807, 2.05) is 12.1 Å². The number of amides is 1. The van der Waals surface area contributed by atoms with E-state index in [4.69, 9.17) is 0 Å². The van der Waals surface area contributed by atoms with Gasteiger partial charge in [0.2, 0.25) is 5.91 Å². The summed E-state index contributed by atoms with van der Waals surface area (Å²) in [6, 6.07) is 5.54. The number of carbonyl (C=O) groups is 2. The quantitative estimate of drug-likeness (QED) is 0.893. The number of hydrogen-bond acceptors (Lipinski definition) is 3. The van der Waals surface area contributed by atoms with Gasteiger partial charge in [-0.3, -0.25) is 14.5 Å². The zero-order chi connectivity index (χ0) is 15.5. The number of rotatable bonds is 4. The summed E-state index contributed by atoms with van der Waals surface area (Å²) in [6.07, 6.45) is 5.88. The highest BCUT2D eigenvalue weighted by molar-refractivity contribution is 5.92. The molecule has 0 spiro atoms. The molecule has 2 N–H and O–H groups in total. The molecule has 1 aromatic rings. The lowest BCUT2D eigenvalue weighted by Gasteiger charge is -2.32. The monoisotopic (exact) mass is 302 g/mol. The fourth-order valence-corrected chi connectivity index (χ4v) is 3.49. The molecule has 1 fully saturated rings. The Balaban J connectivity index is 1.61. The van der Waals surface area contributed by atoms with E-state index in [1.54, 1.807) is 4.90 Å².